The van der Waals surface area contributed by atoms with Gasteiger partial charge in [-0.1, -0.05) is 6.07 Å². The number of halogens is 1. The number of fused-ring (bicyclic) bond motifs is 1. The molecule has 0 spiro atoms. The molecule has 21 heavy (non-hydrogen) atoms. The van der Waals surface area contributed by atoms with Crippen LogP contribution in [0.15, 0.2) is 18.2 Å². The molecule has 1 aliphatic heterocycles. The van der Waals surface area contributed by atoms with Crippen LogP contribution in [0.25, 0.3) is 0 Å². The summed E-state index contributed by atoms with van der Waals surface area (Å²) in [6, 6.07) is 4.49. The summed E-state index contributed by atoms with van der Waals surface area (Å²) in [4.78, 5) is 14.5. The Kier molecular flexibility index (Phi) is 3.61. The molecule has 0 saturated heterocycles. The lowest BCUT2D eigenvalue weighted by Crippen LogP contribution is -2.60. The number of nitrogens with two attached hydrogens (primary N) is 1. The molecule has 3 rings (SSSR count). The molecular weight excluding hydrogens is 271 g/mol. The first-order valence-corrected chi connectivity index (χ1v) is 7.45. The van der Waals surface area contributed by atoms with Crippen molar-refractivity contribution in [2.24, 2.45) is 11.7 Å². The zero-order valence-electron chi connectivity index (χ0n) is 12.3. The summed E-state index contributed by atoms with van der Waals surface area (Å²) >= 11 is 0. The number of nitrogens with zero attached hydrogens (tertiary/aromatic N) is 1. The van der Waals surface area contributed by atoms with Crippen LogP contribution in [0.4, 0.5) is 4.39 Å². The van der Waals surface area contributed by atoms with Gasteiger partial charge < -0.3 is 15.4 Å². The van der Waals surface area contributed by atoms with Gasteiger partial charge in [0.1, 0.15) is 18.2 Å². The van der Waals surface area contributed by atoms with Gasteiger partial charge in [-0.3, -0.25) is 4.79 Å². The van der Waals surface area contributed by atoms with Gasteiger partial charge in [-0.2, -0.15) is 0 Å². The third kappa shape index (κ3) is 2.39. The van der Waals surface area contributed by atoms with Crippen LogP contribution in [0.2, 0.25) is 0 Å². The van der Waals surface area contributed by atoms with E-state index in [1.165, 1.54) is 12.1 Å². The van der Waals surface area contributed by atoms with Crippen molar-refractivity contribution < 1.29 is 13.9 Å². The maximum absolute atomic E-state index is 13.2. The van der Waals surface area contributed by atoms with Gasteiger partial charge >= 0.3 is 0 Å². The van der Waals surface area contributed by atoms with Gasteiger partial charge in [0.15, 0.2) is 0 Å². The van der Waals surface area contributed by atoms with Gasteiger partial charge in [0, 0.05) is 19.7 Å². The maximum Gasteiger partial charge on any atom is 0.229 e. The van der Waals surface area contributed by atoms with Gasteiger partial charge in [0.05, 0.1) is 11.5 Å². The molecule has 5 heteroatoms. The van der Waals surface area contributed by atoms with Gasteiger partial charge in [0.2, 0.25) is 5.91 Å². The van der Waals surface area contributed by atoms with E-state index in [4.69, 9.17) is 10.5 Å². The van der Waals surface area contributed by atoms with Crippen LogP contribution in [0.3, 0.4) is 0 Å². The van der Waals surface area contributed by atoms with E-state index in [0.29, 0.717) is 25.3 Å². The molecule has 114 valence electrons. The van der Waals surface area contributed by atoms with Crippen LogP contribution < -0.4 is 10.5 Å². The maximum atomic E-state index is 13.2. The second-order valence-electron chi connectivity index (χ2n) is 6.14. The Morgan fingerprint density at radius 3 is 2.90 bits per heavy atom. The minimum Gasteiger partial charge on any atom is -0.492 e. The van der Waals surface area contributed by atoms with Gasteiger partial charge in [-0.05, 0) is 37.3 Å². The third-order valence-electron chi connectivity index (χ3n) is 4.99. The Balaban J connectivity index is 1.73. The van der Waals surface area contributed by atoms with E-state index in [2.05, 4.69) is 0 Å². The molecule has 2 N–H and O–H groups in total. The summed E-state index contributed by atoms with van der Waals surface area (Å²) in [6.45, 7) is 0.810. The number of likely N-dealkylation sites (N-methyl/N-ethyl adjacent to an activating group) is 1. The van der Waals surface area contributed by atoms with E-state index in [1.54, 1.807) is 6.07 Å². The van der Waals surface area contributed by atoms with Crippen molar-refractivity contribution in [3.05, 3.63) is 29.6 Å². The molecule has 1 aromatic carbocycles. The Morgan fingerprint density at radius 1 is 1.52 bits per heavy atom. The van der Waals surface area contributed by atoms with Crippen LogP contribution >= 0.6 is 0 Å². The van der Waals surface area contributed by atoms with E-state index in [1.807, 2.05) is 11.9 Å². The predicted molar refractivity (Wildman–Crippen MR) is 77.5 cm³/mol. The van der Waals surface area contributed by atoms with Gasteiger partial charge in [-0.25, -0.2) is 4.39 Å². The van der Waals surface area contributed by atoms with Crippen molar-refractivity contribution in [1.29, 1.82) is 0 Å². The Hall–Kier alpha value is -1.62. The monoisotopic (exact) mass is 292 g/mol. The number of hydrogen-bond acceptors (Lipinski definition) is 3. The fourth-order valence-corrected chi connectivity index (χ4v) is 3.27. The highest BCUT2D eigenvalue weighted by atomic mass is 19.1. The summed E-state index contributed by atoms with van der Waals surface area (Å²) in [6.07, 6.45) is 3.67. The number of carbonyl (C=O) groups excluding carboxylic acids is 1. The number of carbonyl (C=O) groups is 1. The van der Waals surface area contributed by atoms with E-state index in [9.17, 15) is 9.18 Å². The lowest BCUT2D eigenvalue weighted by atomic mass is 9.75. The van der Waals surface area contributed by atoms with E-state index in [0.717, 1.165) is 24.8 Å². The van der Waals surface area contributed by atoms with Crippen LogP contribution in [0.5, 0.6) is 5.75 Å². The average Bonchev–Trinajstić information content (AvgIpc) is 2.45. The number of amides is 1. The molecule has 1 aromatic rings. The molecule has 0 bridgehead atoms. The van der Waals surface area contributed by atoms with Crippen LogP contribution in [-0.2, 0) is 11.2 Å². The fraction of sp³-hybridized carbons (Fsp3) is 0.562. The Labute approximate surface area is 124 Å². The smallest absolute Gasteiger partial charge is 0.229 e. The number of hydrogen-bond donors (Lipinski definition) is 1. The van der Waals surface area contributed by atoms with Crippen molar-refractivity contribution >= 4 is 5.91 Å². The lowest BCUT2D eigenvalue weighted by Gasteiger charge is -2.49. The SMILES string of the molecule is CN(C(=O)[C@@H]1COc2cc(F)ccc2C1)C1(CN)CCC1. The van der Waals surface area contributed by atoms with Gasteiger partial charge in [-0.15, -0.1) is 0 Å². The number of benzene rings is 1. The molecule has 1 saturated carbocycles. The highest BCUT2D eigenvalue weighted by Gasteiger charge is 2.43. The van der Waals surface area contributed by atoms with Crippen molar-refractivity contribution in [2.45, 2.75) is 31.2 Å². The molecule has 0 unspecified atom stereocenters. The van der Waals surface area contributed by atoms with Crippen molar-refractivity contribution in [3.8, 4) is 5.75 Å². The Bertz CT molecular complexity index is 552. The Morgan fingerprint density at radius 2 is 2.29 bits per heavy atom. The molecule has 1 atom stereocenters. The van der Waals surface area contributed by atoms with E-state index in [-0.39, 0.29) is 23.2 Å². The predicted octanol–water partition coefficient (Wildman–Crippen LogP) is 1.72. The van der Waals surface area contributed by atoms with Crippen LogP contribution in [0.1, 0.15) is 24.8 Å². The number of ether oxygens (including phenoxy) is 1. The quantitative estimate of drug-likeness (QED) is 0.923. The summed E-state index contributed by atoms with van der Waals surface area (Å²) < 4.78 is 18.7. The largest absolute Gasteiger partial charge is 0.492 e. The van der Waals surface area contributed by atoms with Gasteiger partial charge in [0.25, 0.3) is 0 Å². The second-order valence-corrected chi connectivity index (χ2v) is 6.14. The highest BCUT2D eigenvalue weighted by molar-refractivity contribution is 5.80. The third-order valence-corrected chi connectivity index (χ3v) is 4.99. The van der Waals surface area contributed by atoms with Crippen molar-refractivity contribution in [2.75, 3.05) is 20.2 Å². The highest BCUT2D eigenvalue weighted by Crippen LogP contribution is 2.37. The normalized spacial score (nSPS) is 22.7. The minimum absolute atomic E-state index is 0.0788. The molecule has 0 radical (unpaired) electrons. The topological polar surface area (TPSA) is 55.6 Å². The van der Waals surface area contributed by atoms with Crippen molar-refractivity contribution in [3.63, 3.8) is 0 Å². The molecule has 1 heterocycles. The molecule has 4 nitrogen and oxygen atoms in total. The molecular formula is C16H21FN2O2. The lowest BCUT2D eigenvalue weighted by molar-refractivity contribution is -0.144. The zero-order chi connectivity index (χ0) is 15.0. The summed E-state index contributed by atoms with van der Waals surface area (Å²) in [5.41, 5.74) is 6.59. The van der Waals surface area contributed by atoms with E-state index >= 15 is 0 Å². The molecule has 0 aromatic heterocycles. The van der Waals surface area contributed by atoms with Crippen LogP contribution in [-0.4, -0.2) is 36.5 Å². The molecule has 1 aliphatic carbocycles. The first-order chi connectivity index (χ1) is 10.1. The fourth-order valence-electron chi connectivity index (χ4n) is 3.27. The first kappa shape index (κ1) is 14.3. The molecule has 1 fully saturated rings. The zero-order valence-corrected chi connectivity index (χ0v) is 12.3. The average molecular weight is 292 g/mol. The first-order valence-electron chi connectivity index (χ1n) is 7.45. The number of rotatable bonds is 3. The second kappa shape index (κ2) is 5.30. The summed E-state index contributed by atoms with van der Waals surface area (Å²) in [7, 11) is 1.84. The minimum atomic E-state index is -0.313. The summed E-state index contributed by atoms with van der Waals surface area (Å²) in [5, 5.41) is 0. The van der Waals surface area contributed by atoms with Crippen LogP contribution in [0, 0.1) is 11.7 Å². The molecule has 2 aliphatic rings. The molecule has 1 amide bonds. The van der Waals surface area contributed by atoms with E-state index < -0.39 is 0 Å². The summed E-state index contributed by atoms with van der Waals surface area (Å²) in [5.74, 6) is 0.109. The van der Waals surface area contributed by atoms with Crippen molar-refractivity contribution in [1.82, 2.24) is 4.90 Å². The standard InChI is InChI=1S/C16H21FN2O2/c1-19(16(10-18)5-2-6-16)15(20)12-7-11-3-4-13(17)8-14(11)21-9-12/h3-4,8,12H,2,5-7,9-10,18H2,1H3/t12-/m0/s1.